The van der Waals surface area contributed by atoms with Gasteiger partial charge >= 0.3 is 37.1 Å². The van der Waals surface area contributed by atoms with Gasteiger partial charge in [-0.1, -0.05) is 30.0 Å². The molecule has 44 heavy (non-hydrogen) atoms. The van der Waals surface area contributed by atoms with Crippen LogP contribution in [0.5, 0.6) is 0 Å². The third-order valence-corrected chi connectivity index (χ3v) is 7.02. The Morgan fingerprint density at radius 2 is 1.41 bits per heavy atom. The number of aromatic nitrogens is 3. The smallest absolute Gasteiger partial charge is 0.632 e. The van der Waals surface area contributed by atoms with E-state index >= 15 is 0 Å². The predicted molar refractivity (Wildman–Crippen MR) is 164 cm³/mol. The van der Waals surface area contributed by atoms with E-state index < -0.39 is 12.2 Å². The normalized spacial score (nSPS) is 10.6. The summed E-state index contributed by atoms with van der Waals surface area (Å²) < 4.78 is 7.56. The molecule has 11 nitrogen and oxygen atoms in total. The summed E-state index contributed by atoms with van der Waals surface area (Å²) in [5.74, 6) is 6.50. The Labute approximate surface area is 281 Å². The molecule has 2 heterocycles. The number of aryl methyl sites for hydroxylation is 2. The number of benzene rings is 2. The number of hydrogen-bond donors (Lipinski definition) is 2. The van der Waals surface area contributed by atoms with Crippen molar-refractivity contribution in [2.24, 2.45) is 0 Å². The van der Waals surface area contributed by atoms with Gasteiger partial charge < -0.3 is 40.5 Å². The standard InChI is InChI=1S/C25H17N3O2P2.2C2H5NO2.2V/c29-14-31-23-12-20-9-8-19-11-17(5-10-21(19)24(20)28-23)2-1-16-3-6-18(7-4-16)22-13-26-25(27-22)32-15-30;2*1-5-2(3)4;;/h3-7,10-13,28,31-32H,8-9H2,(H,26,27);2*1H3,(H2,3,4);;/q-2;;;2*+2/p-2. The number of carbonyl (C=O) groups excluding carboxylic acids is 4. The second-order valence-electron chi connectivity index (χ2n) is 8.37. The third kappa shape index (κ3) is 11.5. The molecule has 0 saturated carbocycles. The molecule has 0 spiro atoms. The monoisotopic (exact) mass is 703 g/mol. The number of aromatic amines is 2. The van der Waals surface area contributed by atoms with Crippen LogP contribution >= 0.6 is 17.2 Å². The maximum Gasteiger partial charge on any atom is 2.00 e. The molecule has 2 radical (unpaired) electrons. The van der Waals surface area contributed by atoms with E-state index in [0.717, 1.165) is 60.6 Å². The Bertz CT molecular complexity index is 1620. The van der Waals surface area contributed by atoms with E-state index in [2.05, 4.69) is 54.5 Å². The van der Waals surface area contributed by atoms with Gasteiger partial charge in [-0.3, -0.25) is 9.59 Å². The Morgan fingerprint density at radius 3 is 2.00 bits per heavy atom. The van der Waals surface area contributed by atoms with Crippen molar-refractivity contribution in [3.63, 3.8) is 0 Å². The molecule has 5 rings (SSSR count). The molecule has 1 aliphatic carbocycles. The van der Waals surface area contributed by atoms with Crippen LogP contribution in [0.4, 0.5) is 9.59 Å². The van der Waals surface area contributed by atoms with Crippen LogP contribution < -0.4 is 11.0 Å². The Hall–Kier alpha value is -3.60. The van der Waals surface area contributed by atoms with Crippen LogP contribution in [0, 0.1) is 11.8 Å². The number of carbonyl (C=O) groups is 2. The van der Waals surface area contributed by atoms with Crippen LogP contribution in [0.3, 0.4) is 0 Å². The van der Waals surface area contributed by atoms with Crippen LogP contribution in [-0.2, 0) is 69.0 Å². The Kier molecular flexibility index (Phi) is 17.1. The average Bonchev–Trinajstić information content (AvgIpc) is 3.64. The van der Waals surface area contributed by atoms with Crippen LogP contribution in [0.15, 0.2) is 54.7 Å². The summed E-state index contributed by atoms with van der Waals surface area (Å²) in [4.78, 5) is 50.4. The van der Waals surface area contributed by atoms with E-state index in [9.17, 15) is 19.2 Å². The van der Waals surface area contributed by atoms with Gasteiger partial charge in [0.05, 0.1) is 31.7 Å². The average molecular weight is 703 g/mol. The number of imidazole rings is 1. The van der Waals surface area contributed by atoms with Gasteiger partial charge in [-0.15, -0.1) is 0 Å². The van der Waals surface area contributed by atoms with Crippen molar-refractivity contribution >= 4 is 52.4 Å². The molecule has 0 bridgehead atoms. The molecule has 0 fully saturated rings. The molecule has 2 aromatic carbocycles. The third-order valence-electron chi connectivity index (χ3n) is 5.79. The van der Waals surface area contributed by atoms with Crippen molar-refractivity contribution < 1.29 is 65.8 Å². The van der Waals surface area contributed by atoms with Crippen molar-refractivity contribution in [2.45, 2.75) is 12.8 Å². The van der Waals surface area contributed by atoms with Gasteiger partial charge in [0.15, 0.2) is 0 Å². The minimum absolute atomic E-state index is 0. The Balaban J connectivity index is 0.000000705. The van der Waals surface area contributed by atoms with Gasteiger partial charge in [0.1, 0.15) is 0 Å². The number of hydrogen-bond acceptors (Lipinski definition) is 7. The van der Waals surface area contributed by atoms with Crippen LogP contribution in [0.25, 0.3) is 34.0 Å². The van der Waals surface area contributed by atoms with Crippen molar-refractivity contribution in [1.82, 2.24) is 15.0 Å². The quantitative estimate of drug-likeness (QED) is 0.168. The number of nitrogens with zero attached hydrogens (tertiary/aromatic N) is 1. The van der Waals surface area contributed by atoms with E-state index in [0.29, 0.717) is 5.57 Å². The Morgan fingerprint density at radius 1 is 0.841 bits per heavy atom. The number of rotatable bonds is 5. The zero-order valence-corrected chi connectivity index (χ0v) is 28.2. The number of fused-ring (bicyclic) bond motifs is 3. The zero-order chi connectivity index (χ0) is 30.5. The number of H-pyrrole nitrogens is 2. The summed E-state index contributed by atoms with van der Waals surface area (Å²) in [6.07, 6.45) is 1.66. The summed E-state index contributed by atoms with van der Waals surface area (Å²) in [7, 11) is 2.28. The van der Waals surface area contributed by atoms with Crippen molar-refractivity contribution in [3.05, 3.63) is 88.4 Å². The van der Waals surface area contributed by atoms with Crippen LogP contribution in [0.2, 0.25) is 0 Å². The maximum absolute atomic E-state index is 10.7. The topological polar surface area (TPSA) is 179 Å². The fourth-order valence-corrected chi connectivity index (χ4v) is 4.87. The first-order valence-electron chi connectivity index (χ1n) is 12.2. The minimum atomic E-state index is -0.995. The summed E-state index contributed by atoms with van der Waals surface area (Å²) in [6, 6.07) is 20.2. The molecule has 2 unspecified atom stereocenters. The minimum Gasteiger partial charge on any atom is -0.632 e. The van der Waals surface area contributed by atoms with Crippen LogP contribution in [-0.4, -0.2) is 53.4 Å². The molecule has 2 aromatic heterocycles. The van der Waals surface area contributed by atoms with Gasteiger partial charge in [-0.2, -0.15) is 8.58 Å². The first kappa shape index (κ1) is 38.4. The van der Waals surface area contributed by atoms with E-state index in [1.54, 1.807) is 6.20 Å². The van der Waals surface area contributed by atoms with E-state index in [1.165, 1.54) is 16.7 Å². The molecule has 4 aromatic rings. The van der Waals surface area contributed by atoms with Gasteiger partial charge in [0, 0.05) is 27.8 Å². The summed E-state index contributed by atoms with van der Waals surface area (Å²) >= 11 is 0. The van der Waals surface area contributed by atoms with Crippen molar-refractivity contribution in [1.29, 1.82) is 0 Å². The number of nitrogens with one attached hydrogen (secondary N) is 4. The first-order chi connectivity index (χ1) is 20.3. The fourth-order valence-electron chi connectivity index (χ4n) is 3.91. The number of methoxy groups -OCH3 is 2. The molecule has 15 heteroatoms. The van der Waals surface area contributed by atoms with Gasteiger partial charge in [-0.05, 0) is 59.9 Å². The molecule has 2 amide bonds. The largest absolute Gasteiger partial charge is 2.00 e. The maximum atomic E-state index is 10.7. The van der Waals surface area contributed by atoms with E-state index in [1.807, 2.05) is 42.4 Å². The molecular formula is C29H25N5O6P2V2. The van der Waals surface area contributed by atoms with Crippen LogP contribution in [0.1, 0.15) is 22.3 Å². The molecule has 4 N–H and O–H groups in total. The SMILES string of the molecule is COC([NH-])=O.COC([NH-])=O.O=[C-]Pc1cc2c([nH]1)-c1ccc(C#Cc3ccc(-c4cnc(P[C-]=O)[nH]4)cc3)cc1CC2.[V+2].[V+2]. The van der Waals surface area contributed by atoms with E-state index in [-0.39, 0.29) is 54.3 Å². The molecular weight excluding hydrogens is 678 g/mol. The van der Waals surface area contributed by atoms with Gasteiger partial charge in [0.25, 0.3) is 0 Å². The zero-order valence-electron chi connectivity index (χ0n) is 23.4. The second kappa shape index (κ2) is 19.6. The number of amides is 2. The second-order valence-corrected chi connectivity index (χ2v) is 10.3. The van der Waals surface area contributed by atoms with Crippen molar-refractivity contribution in [2.75, 3.05) is 14.2 Å². The molecule has 222 valence electrons. The molecule has 0 aliphatic heterocycles. The summed E-state index contributed by atoms with van der Waals surface area (Å²) in [6.45, 7) is 0. The fraction of sp³-hybridized carbons (Fsp3) is 0.138. The first-order valence-corrected chi connectivity index (χ1v) is 14.2. The van der Waals surface area contributed by atoms with Gasteiger partial charge in [-0.25, -0.2) is 25.6 Å². The van der Waals surface area contributed by atoms with Gasteiger partial charge in [0.2, 0.25) is 12.2 Å². The summed E-state index contributed by atoms with van der Waals surface area (Å²) in [5, 5.41) is 0. The van der Waals surface area contributed by atoms with Crippen molar-refractivity contribution in [3.8, 4) is 34.4 Å². The molecule has 2 atom stereocenters. The molecule has 1 aliphatic rings. The molecule has 0 saturated heterocycles. The van der Waals surface area contributed by atoms with E-state index in [4.69, 9.17) is 11.5 Å². The predicted octanol–water partition coefficient (Wildman–Crippen LogP) is 4.92. The summed E-state index contributed by atoms with van der Waals surface area (Å²) in [5.41, 5.74) is 22.1. The number of ether oxygens (including phenoxy) is 2.